The van der Waals surface area contributed by atoms with E-state index in [4.69, 9.17) is 0 Å². The minimum absolute atomic E-state index is 0.780. The summed E-state index contributed by atoms with van der Waals surface area (Å²) in [6.45, 7) is 3.83. The summed E-state index contributed by atoms with van der Waals surface area (Å²) < 4.78 is 0. The number of rotatable bonds is 1. The van der Waals surface area contributed by atoms with E-state index < -0.39 is 0 Å². The summed E-state index contributed by atoms with van der Waals surface area (Å²) >= 11 is 0. The molecule has 1 heterocycles. The fraction of sp³-hybridized carbons (Fsp3) is 0.250. The van der Waals surface area contributed by atoms with Crippen LogP contribution in [0.1, 0.15) is 12.6 Å². The monoisotopic (exact) mass is 134 g/mol. The normalized spacial score (nSPS) is 10.6. The van der Waals surface area contributed by atoms with Gasteiger partial charge in [0.05, 0.1) is 0 Å². The van der Waals surface area contributed by atoms with Gasteiger partial charge in [0.25, 0.3) is 0 Å². The molecule has 0 bridgehead atoms. The van der Waals surface area contributed by atoms with Crippen LogP contribution < -0.4 is 0 Å². The van der Waals surface area contributed by atoms with Crippen LogP contribution in [0.2, 0.25) is 0 Å². The quantitative estimate of drug-likeness (QED) is 0.540. The smallest absolute Gasteiger partial charge is 0.151 e. The second kappa shape index (κ2) is 3.11. The number of hydrogen-bond donors (Lipinski definition) is 0. The van der Waals surface area contributed by atoms with Crippen molar-refractivity contribution in [2.24, 2.45) is 4.99 Å². The van der Waals surface area contributed by atoms with Gasteiger partial charge >= 0.3 is 0 Å². The van der Waals surface area contributed by atoms with Gasteiger partial charge < -0.3 is 0 Å². The third-order valence-corrected chi connectivity index (χ3v) is 1.13. The van der Waals surface area contributed by atoms with Crippen LogP contribution in [0.25, 0.3) is 0 Å². The van der Waals surface area contributed by atoms with Gasteiger partial charge in [0.15, 0.2) is 5.82 Å². The number of pyridine rings is 1. The Kier molecular flexibility index (Phi) is 2.15. The van der Waals surface area contributed by atoms with E-state index in [1.54, 1.807) is 6.21 Å². The number of aliphatic imine (C=N–C) groups is 1. The van der Waals surface area contributed by atoms with Crippen molar-refractivity contribution in [1.29, 1.82) is 0 Å². The first-order valence-electron chi connectivity index (χ1n) is 3.25. The van der Waals surface area contributed by atoms with Gasteiger partial charge in [-0.15, -0.1) is 0 Å². The van der Waals surface area contributed by atoms with Crippen LogP contribution in [0.15, 0.2) is 23.2 Å². The van der Waals surface area contributed by atoms with Gasteiger partial charge in [0.1, 0.15) is 0 Å². The number of nitrogens with zero attached hydrogens (tertiary/aromatic N) is 2. The molecule has 0 saturated heterocycles. The minimum atomic E-state index is 0.780. The van der Waals surface area contributed by atoms with Gasteiger partial charge in [-0.05, 0) is 26.0 Å². The molecule has 0 saturated carbocycles. The molecule has 0 atom stereocenters. The average molecular weight is 134 g/mol. The average Bonchev–Trinajstić information content (AvgIpc) is 1.88. The van der Waals surface area contributed by atoms with E-state index in [1.165, 1.54) is 0 Å². The van der Waals surface area contributed by atoms with Crippen molar-refractivity contribution >= 4 is 12.0 Å². The van der Waals surface area contributed by atoms with Crippen LogP contribution in [0, 0.1) is 6.92 Å². The zero-order valence-corrected chi connectivity index (χ0v) is 6.20. The highest BCUT2D eigenvalue weighted by molar-refractivity contribution is 5.58. The van der Waals surface area contributed by atoms with Gasteiger partial charge in [-0.1, -0.05) is 6.07 Å². The Morgan fingerprint density at radius 2 is 2.30 bits per heavy atom. The zero-order chi connectivity index (χ0) is 7.40. The SMILES string of the molecule is C/C=N/c1cccc(C)n1. The van der Waals surface area contributed by atoms with E-state index in [2.05, 4.69) is 9.98 Å². The van der Waals surface area contributed by atoms with Crippen LogP contribution in [0.5, 0.6) is 0 Å². The summed E-state index contributed by atoms with van der Waals surface area (Å²) in [4.78, 5) is 8.20. The van der Waals surface area contributed by atoms with Gasteiger partial charge in [-0.25, -0.2) is 9.98 Å². The maximum absolute atomic E-state index is 4.16. The summed E-state index contributed by atoms with van der Waals surface area (Å²) in [6.07, 6.45) is 1.74. The summed E-state index contributed by atoms with van der Waals surface area (Å²) in [6, 6.07) is 5.78. The molecule has 10 heavy (non-hydrogen) atoms. The summed E-state index contributed by atoms with van der Waals surface area (Å²) in [5, 5.41) is 0. The summed E-state index contributed by atoms with van der Waals surface area (Å²) in [5.74, 6) is 0.780. The van der Waals surface area contributed by atoms with E-state index in [9.17, 15) is 0 Å². The third-order valence-electron chi connectivity index (χ3n) is 1.13. The molecule has 52 valence electrons. The molecule has 1 aromatic rings. The molecule has 2 heteroatoms. The molecule has 0 amide bonds. The lowest BCUT2D eigenvalue weighted by Gasteiger charge is -1.91. The summed E-state index contributed by atoms with van der Waals surface area (Å²) in [5.41, 5.74) is 1.00. The third kappa shape index (κ3) is 1.65. The molecule has 0 aliphatic carbocycles. The van der Waals surface area contributed by atoms with Gasteiger partial charge in [-0.3, -0.25) is 0 Å². The van der Waals surface area contributed by atoms with E-state index in [-0.39, 0.29) is 0 Å². The van der Waals surface area contributed by atoms with Gasteiger partial charge in [0, 0.05) is 11.9 Å². The van der Waals surface area contributed by atoms with Crippen molar-refractivity contribution in [2.45, 2.75) is 13.8 Å². The standard InChI is InChI=1S/C8H10N2/c1-3-9-8-6-4-5-7(2)10-8/h3-6H,1-2H3/b9-3+. The maximum atomic E-state index is 4.16. The number of aromatic nitrogens is 1. The largest absolute Gasteiger partial charge is 0.242 e. The molecular weight excluding hydrogens is 124 g/mol. The molecule has 2 nitrogen and oxygen atoms in total. The molecule has 0 aliphatic heterocycles. The second-order valence-corrected chi connectivity index (χ2v) is 2.02. The first-order chi connectivity index (χ1) is 4.83. The lowest BCUT2D eigenvalue weighted by atomic mass is 10.4. The topological polar surface area (TPSA) is 25.2 Å². The van der Waals surface area contributed by atoms with E-state index in [1.807, 2.05) is 32.0 Å². The minimum Gasteiger partial charge on any atom is -0.242 e. The van der Waals surface area contributed by atoms with Gasteiger partial charge in [-0.2, -0.15) is 0 Å². The fourth-order valence-corrected chi connectivity index (χ4v) is 0.733. The maximum Gasteiger partial charge on any atom is 0.151 e. The van der Waals surface area contributed by atoms with Crippen LogP contribution in [-0.4, -0.2) is 11.2 Å². The predicted molar refractivity (Wildman–Crippen MR) is 42.8 cm³/mol. The fourth-order valence-electron chi connectivity index (χ4n) is 0.733. The molecule has 1 aromatic heterocycles. The van der Waals surface area contributed by atoms with Crippen molar-refractivity contribution in [3.8, 4) is 0 Å². The molecule has 0 unspecified atom stereocenters. The molecule has 0 radical (unpaired) electrons. The Labute approximate surface area is 60.6 Å². The van der Waals surface area contributed by atoms with Crippen molar-refractivity contribution in [3.05, 3.63) is 23.9 Å². The molecule has 0 fully saturated rings. The Hall–Kier alpha value is -1.18. The van der Waals surface area contributed by atoms with E-state index in [0.717, 1.165) is 11.5 Å². The lowest BCUT2D eigenvalue weighted by Crippen LogP contribution is -1.77. The van der Waals surface area contributed by atoms with Crippen molar-refractivity contribution in [3.63, 3.8) is 0 Å². The van der Waals surface area contributed by atoms with E-state index in [0.29, 0.717) is 0 Å². The van der Waals surface area contributed by atoms with Crippen LogP contribution >= 0.6 is 0 Å². The molecule has 0 spiro atoms. The Balaban J connectivity index is 2.95. The second-order valence-electron chi connectivity index (χ2n) is 2.02. The number of hydrogen-bond acceptors (Lipinski definition) is 2. The Bertz CT molecular complexity index is 241. The molecular formula is C8H10N2. The molecule has 0 aliphatic rings. The highest BCUT2D eigenvalue weighted by Gasteiger charge is 1.86. The molecule has 1 rings (SSSR count). The number of aryl methyl sites for hydroxylation is 1. The van der Waals surface area contributed by atoms with Crippen LogP contribution in [-0.2, 0) is 0 Å². The summed E-state index contributed by atoms with van der Waals surface area (Å²) in [7, 11) is 0. The van der Waals surface area contributed by atoms with Crippen molar-refractivity contribution < 1.29 is 0 Å². The van der Waals surface area contributed by atoms with Gasteiger partial charge in [0.2, 0.25) is 0 Å². The molecule has 0 N–H and O–H groups in total. The first-order valence-corrected chi connectivity index (χ1v) is 3.25. The van der Waals surface area contributed by atoms with Crippen LogP contribution in [0.4, 0.5) is 5.82 Å². The van der Waals surface area contributed by atoms with Crippen molar-refractivity contribution in [2.75, 3.05) is 0 Å². The lowest BCUT2D eigenvalue weighted by molar-refractivity contribution is 1.18. The molecule has 0 aromatic carbocycles. The highest BCUT2D eigenvalue weighted by Crippen LogP contribution is 2.06. The van der Waals surface area contributed by atoms with Crippen molar-refractivity contribution in [1.82, 2.24) is 4.98 Å². The first kappa shape index (κ1) is 6.93. The van der Waals surface area contributed by atoms with E-state index >= 15 is 0 Å². The Morgan fingerprint density at radius 3 is 2.90 bits per heavy atom. The predicted octanol–water partition coefficient (Wildman–Crippen LogP) is 2.11. The highest BCUT2D eigenvalue weighted by atomic mass is 14.9. The Morgan fingerprint density at radius 1 is 1.50 bits per heavy atom. The van der Waals surface area contributed by atoms with Crippen LogP contribution in [0.3, 0.4) is 0 Å². The zero-order valence-electron chi connectivity index (χ0n) is 6.20.